The fraction of sp³-hybridized carbons (Fsp3) is 0.379. The molecule has 0 aliphatic carbocycles. The van der Waals surface area contributed by atoms with Crippen LogP contribution in [0.3, 0.4) is 0 Å². The minimum absolute atomic E-state index is 0.0766. The fourth-order valence-corrected chi connectivity index (χ4v) is 5.22. The van der Waals surface area contributed by atoms with Gasteiger partial charge in [0.2, 0.25) is 0 Å². The highest BCUT2D eigenvalue weighted by atomic mass is 19.1. The monoisotopic (exact) mass is 519 g/mol. The number of anilines is 2. The van der Waals surface area contributed by atoms with Gasteiger partial charge in [0.25, 0.3) is 0 Å². The SMILES string of the molecule is CC(C)N1CCOc2c(F)cc(-c3nc(Cc4ccc5oc(N6CCN(C)CC6)cc5c4)ncc3F)cc21. The lowest BCUT2D eigenvalue weighted by atomic mass is 10.1. The largest absolute Gasteiger partial charge is 0.486 e. The lowest BCUT2D eigenvalue weighted by Crippen LogP contribution is -2.44. The molecule has 0 atom stereocenters. The first-order valence-corrected chi connectivity index (χ1v) is 13.1. The van der Waals surface area contributed by atoms with Crippen molar-refractivity contribution in [1.29, 1.82) is 0 Å². The van der Waals surface area contributed by atoms with Crippen molar-refractivity contribution >= 4 is 22.5 Å². The second kappa shape index (κ2) is 9.87. The van der Waals surface area contributed by atoms with Crippen LogP contribution in [0.1, 0.15) is 25.2 Å². The highest BCUT2D eigenvalue weighted by molar-refractivity contribution is 5.82. The Morgan fingerprint density at radius 2 is 1.79 bits per heavy atom. The van der Waals surface area contributed by atoms with E-state index < -0.39 is 11.6 Å². The molecule has 198 valence electrons. The molecule has 9 heteroatoms. The van der Waals surface area contributed by atoms with Gasteiger partial charge < -0.3 is 23.9 Å². The minimum Gasteiger partial charge on any atom is -0.486 e. The van der Waals surface area contributed by atoms with Crippen LogP contribution in [0.4, 0.5) is 20.4 Å². The molecule has 0 saturated carbocycles. The van der Waals surface area contributed by atoms with Crippen LogP contribution in [0.15, 0.2) is 47.0 Å². The molecule has 4 aromatic rings. The molecule has 0 amide bonds. The molecule has 4 heterocycles. The lowest BCUT2D eigenvalue weighted by Gasteiger charge is -2.34. The zero-order valence-electron chi connectivity index (χ0n) is 21.9. The van der Waals surface area contributed by atoms with Gasteiger partial charge in [-0.3, -0.25) is 0 Å². The first-order chi connectivity index (χ1) is 18.4. The first kappa shape index (κ1) is 24.6. The van der Waals surface area contributed by atoms with Crippen LogP contribution >= 0.6 is 0 Å². The summed E-state index contributed by atoms with van der Waals surface area (Å²) in [4.78, 5) is 15.4. The number of furan rings is 1. The Balaban J connectivity index is 1.28. The second-order valence-electron chi connectivity index (χ2n) is 10.3. The molecule has 2 aliphatic rings. The molecule has 6 rings (SSSR count). The van der Waals surface area contributed by atoms with Crippen LogP contribution in [0.2, 0.25) is 0 Å². The Kier molecular flexibility index (Phi) is 6.39. The van der Waals surface area contributed by atoms with Gasteiger partial charge in [-0.25, -0.2) is 18.7 Å². The first-order valence-electron chi connectivity index (χ1n) is 13.1. The van der Waals surface area contributed by atoms with Gasteiger partial charge in [0.15, 0.2) is 23.3 Å². The van der Waals surface area contributed by atoms with E-state index >= 15 is 4.39 Å². The summed E-state index contributed by atoms with van der Waals surface area (Å²) < 4.78 is 41.6. The van der Waals surface area contributed by atoms with Gasteiger partial charge in [0.1, 0.15) is 23.7 Å². The van der Waals surface area contributed by atoms with Crippen LogP contribution < -0.4 is 14.5 Å². The van der Waals surface area contributed by atoms with Crippen LogP contribution in [0.5, 0.6) is 5.75 Å². The van der Waals surface area contributed by atoms with Crippen LogP contribution in [0, 0.1) is 11.6 Å². The van der Waals surface area contributed by atoms with Crippen LogP contribution in [-0.4, -0.2) is 67.3 Å². The van der Waals surface area contributed by atoms with Gasteiger partial charge in [0, 0.05) is 55.7 Å². The predicted octanol–water partition coefficient (Wildman–Crippen LogP) is 5.12. The number of benzene rings is 2. The molecule has 7 nitrogen and oxygen atoms in total. The molecule has 0 radical (unpaired) electrons. The molecule has 0 unspecified atom stereocenters. The van der Waals surface area contributed by atoms with E-state index in [4.69, 9.17) is 9.15 Å². The van der Waals surface area contributed by atoms with Crippen molar-refractivity contribution in [1.82, 2.24) is 14.9 Å². The molecule has 2 aliphatic heterocycles. The summed E-state index contributed by atoms with van der Waals surface area (Å²) in [5.74, 6) is 0.415. The summed E-state index contributed by atoms with van der Waals surface area (Å²) in [7, 11) is 2.13. The number of nitrogens with zero attached hydrogens (tertiary/aromatic N) is 5. The van der Waals surface area contributed by atoms with E-state index in [0.29, 0.717) is 36.6 Å². The lowest BCUT2D eigenvalue weighted by molar-refractivity contribution is 0.287. The summed E-state index contributed by atoms with van der Waals surface area (Å²) in [5, 5.41) is 1.00. The number of aromatic nitrogens is 2. The third kappa shape index (κ3) is 4.67. The average molecular weight is 520 g/mol. The summed E-state index contributed by atoms with van der Waals surface area (Å²) >= 11 is 0. The molecule has 0 spiro atoms. The predicted molar refractivity (Wildman–Crippen MR) is 144 cm³/mol. The van der Waals surface area contributed by atoms with E-state index in [1.54, 1.807) is 6.07 Å². The average Bonchev–Trinajstić information content (AvgIpc) is 3.33. The maximum atomic E-state index is 15.0. The van der Waals surface area contributed by atoms with E-state index in [1.165, 1.54) is 6.07 Å². The summed E-state index contributed by atoms with van der Waals surface area (Å²) in [5.41, 5.74) is 2.86. The zero-order valence-corrected chi connectivity index (χ0v) is 21.9. The van der Waals surface area contributed by atoms with Gasteiger partial charge in [0.05, 0.1) is 18.4 Å². The van der Waals surface area contributed by atoms with E-state index in [9.17, 15) is 4.39 Å². The van der Waals surface area contributed by atoms with Crippen LogP contribution in [0.25, 0.3) is 22.2 Å². The van der Waals surface area contributed by atoms with Crippen molar-refractivity contribution in [3.63, 3.8) is 0 Å². The Morgan fingerprint density at radius 1 is 0.974 bits per heavy atom. The third-order valence-electron chi connectivity index (χ3n) is 7.35. The summed E-state index contributed by atoms with van der Waals surface area (Å²) in [6.45, 7) is 8.98. The number of piperazine rings is 1. The quantitative estimate of drug-likeness (QED) is 0.363. The Bertz CT molecular complexity index is 1480. The number of likely N-dealkylation sites (N-methyl/N-ethyl adjacent to an activating group) is 1. The maximum Gasteiger partial charge on any atom is 0.196 e. The van der Waals surface area contributed by atoms with Gasteiger partial charge in [-0.1, -0.05) is 6.07 Å². The van der Waals surface area contributed by atoms with Crippen molar-refractivity contribution in [3.05, 3.63) is 65.6 Å². The minimum atomic E-state index is -0.594. The Morgan fingerprint density at radius 3 is 2.58 bits per heavy atom. The summed E-state index contributed by atoms with van der Waals surface area (Å²) in [6.07, 6.45) is 1.57. The van der Waals surface area contributed by atoms with Gasteiger partial charge in [-0.15, -0.1) is 0 Å². The second-order valence-corrected chi connectivity index (χ2v) is 10.3. The van der Waals surface area contributed by atoms with E-state index in [2.05, 4.69) is 43.8 Å². The topological polar surface area (TPSA) is 57.9 Å². The third-order valence-corrected chi connectivity index (χ3v) is 7.35. The van der Waals surface area contributed by atoms with Crippen molar-refractivity contribution in [2.24, 2.45) is 0 Å². The van der Waals surface area contributed by atoms with Gasteiger partial charge in [-0.05, 0) is 50.7 Å². The number of halogens is 2. The molecule has 1 fully saturated rings. The highest BCUT2D eigenvalue weighted by Gasteiger charge is 2.26. The van der Waals surface area contributed by atoms with Crippen LogP contribution in [-0.2, 0) is 6.42 Å². The maximum absolute atomic E-state index is 15.0. The van der Waals surface area contributed by atoms with Gasteiger partial charge in [-0.2, -0.15) is 0 Å². The zero-order chi connectivity index (χ0) is 26.4. The number of hydrogen-bond donors (Lipinski definition) is 0. The van der Waals surface area contributed by atoms with Crippen molar-refractivity contribution in [3.8, 4) is 17.0 Å². The normalized spacial score (nSPS) is 16.3. The summed E-state index contributed by atoms with van der Waals surface area (Å²) in [6, 6.07) is 11.2. The fourth-order valence-electron chi connectivity index (χ4n) is 5.22. The van der Waals surface area contributed by atoms with Crippen molar-refractivity contribution in [2.45, 2.75) is 26.3 Å². The number of hydrogen-bond acceptors (Lipinski definition) is 7. The highest BCUT2D eigenvalue weighted by Crippen LogP contribution is 2.39. The molecule has 38 heavy (non-hydrogen) atoms. The number of fused-ring (bicyclic) bond motifs is 2. The van der Waals surface area contributed by atoms with Crippen molar-refractivity contribution in [2.75, 3.05) is 56.2 Å². The number of rotatable bonds is 5. The molecule has 2 aromatic heterocycles. The Labute approximate surface area is 220 Å². The van der Waals surface area contributed by atoms with E-state index in [0.717, 1.165) is 54.8 Å². The molecule has 2 aromatic carbocycles. The smallest absolute Gasteiger partial charge is 0.196 e. The molecule has 0 N–H and O–H groups in total. The van der Waals surface area contributed by atoms with E-state index in [1.807, 2.05) is 26.0 Å². The standard InChI is InChI=1S/C29H31F2N5O2/c1-18(2)36-10-11-37-29-22(30)14-21(15-24(29)36)28-23(31)17-32-26(33-28)13-19-4-5-25-20(12-19)16-27(38-25)35-8-6-34(3)7-9-35/h4-5,12,14-18H,6-11,13H2,1-3H3. The van der Waals surface area contributed by atoms with Gasteiger partial charge >= 0.3 is 0 Å². The van der Waals surface area contributed by atoms with Crippen molar-refractivity contribution < 1.29 is 17.9 Å². The van der Waals surface area contributed by atoms with E-state index in [-0.39, 0.29) is 17.5 Å². The molecular formula is C29H31F2N5O2. The number of ether oxygens (including phenoxy) is 1. The molecule has 1 saturated heterocycles. The molecular weight excluding hydrogens is 488 g/mol. The molecule has 0 bridgehead atoms. The Hall–Kier alpha value is -3.72.